The third kappa shape index (κ3) is 3.19. The molecule has 1 aromatic heterocycles. The monoisotopic (exact) mass is 304 g/mol. The minimum Gasteiger partial charge on any atom is -0.497 e. The Bertz CT molecular complexity index is 613. The van der Waals surface area contributed by atoms with Crippen molar-refractivity contribution in [2.45, 2.75) is 32.5 Å². The predicted molar refractivity (Wildman–Crippen MR) is 84.1 cm³/mol. The second-order valence-electron chi connectivity index (χ2n) is 5.56. The lowest BCUT2D eigenvalue weighted by atomic mass is 10.1. The Morgan fingerprint density at radius 3 is 3.00 bits per heavy atom. The highest BCUT2D eigenvalue weighted by atomic mass is 32.1. The van der Waals surface area contributed by atoms with E-state index in [1.165, 1.54) is 11.1 Å². The van der Waals surface area contributed by atoms with Crippen molar-refractivity contribution in [2.24, 2.45) is 0 Å². The minimum absolute atomic E-state index is 0.245. The first-order chi connectivity index (χ1) is 10.2. The van der Waals surface area contributed by atoms with Gasteiger partial charge in [-0.15, -0.1) is 11.3 Å². The van der Waals surface area contributed by atoms with E-state index in [2.05, 4.69) is 41.4 Å². The quantitative estimate of drug-likeness (QED) is 0.850. The number of nitrogens with zero attached hydrogens (tertiary/aromatic N) is 2. The van der Waals surface area contributed by atoms with Crippen molar-refractivity contribution in [1.29, 1.82) is 0 Å². The minimum atomic E-state index is 0.245. The van der Waals surface area contributed by atoms with E-state index < -0.39 is 0 Å². The molecule has 0 spiro atoms. The average molecular weight is 304 g/mol. The fourth-order valence-electron chi connectivity index (χ4n) is 2.75. The van der Waals surface area contributed by atoms with Gasteiger partial charge in [-0.1, -0.05) is 0 Å². The van der Waals surface area contributed by atoms with Crippen molar-refractivity contribution >= 4 is 11.3 Å². The zero-order chi connectivity index (χ0) is 14.8. The Hall–Kier alpha value is -1.59. The number of fused-ring (bicyclic) bond motifs is 1. The van der Waals surface area contributed by atoms with Crippen molar-refractivity contribution in [2.75, 3.05) is 14.2 Å². The van der Waals surface area contributed by atoms with Crippen LogP contribution in [-0.4, -0.2) is 30.1 Å². The summed E-state index contributed by atoms with van der Waals surface area (Å²) in [6.45, 7) is 3.77. The number of benzene rings is 1. The van der Waals surface area contributed by atoms with E-state index in [1.807, 2.05) is 5.51 Å². The molecule has 0 saturated carbocycles. The molecule has 2 heterocycles. The molecule has 0 N–H and O–H groups in total. The molecule has 0 bridgehead atoms. The molecule has 0 fully saturated rings. The van der Waals surface area contributed by atoms with Crippen molar-refractivity contribution in [3.63, 3.8) is 0 Å². The summed E-state index contributed by atoms with van der Waals surface area (Å²) >= 11 is 1.63. The summed E-state index contributed by atoms with van der Waals surface area (Å²) in [5.74, 6) is 1.94. The standard InChI is InChI=1S/C16H20N2O2S/c1-11-4-12-5-15(19-3)6-13(16(12)20-11)7-18(2)8-14-9-21-10-17-14/h5-6,9-11H,4,7-8H2,1-3H3. The van der Waals surface area contributed by atoms with Gasteiger partial charge in [0, 0.05) is 36.0 Å². The molecule has 112 valence electrons. The normalized spacial score (nSPS) is 16.9. The lowest BCUT2D eigenvalue weighted by Gasteiger charge is -2.18. The van der Waals surface area contributed by atoms with E-state index in [0.717, 1.165) is 36.7 Å². The average Bonchev–Trinajstić information content (AvgIpc) is 3.06. The maximum Gasteiger partial charge on any atom is 0.127 e. The molecule has 0 saturated heterocycles. The Balaban J connectivity index is 1.80. The first-order valence-electron chi connectivity index (χ1n) is 7.07. The summed E-state index contributed by atoms with van der Waals surface area (Å²) in [6.07, 6.45) is 1.20. The maximum atomic E-state index is 5.98. The molecular weight excluding hydrogens is 284 g/mol. The van der Waals surface area contributed by atoms with Crippen LogP contribution in [0.1, 0.15) is 23.7 Å². The van der Waals surface area contributed by atoms with Crippen molar-refractivity contribution in [3.8, 4) is 11.5 Å². The second-order valence-corrected chi connectivity index (χ2v) is 6.28. The van der Waals surface area contributed by atoms with Crippen molar-refractivity contribution in [1.82, 2.24) is 9.88 Å². The summed E-state index contributed by atoms with van der Waals surface area (Å²) in [5, 5.41) is 2.09. The Morgan fingerprint density at radius 2 is 2.29 bits per heavy atom. The van der Waals surface area contributed by atoms with E-state index in [0.29, 0.717) is 0 Å². The van der Waals surface area contributed by atoms with Gasteiger partial charge in [-0.2, -0.15) is 0 Å². The van der Waals surface area contributed by atoms with Gasteiger partial charge in [0.25, 0.3) is 0 Å². The van der Waals surface area contributed by atoms with Gasteiger partial charge in [0.15, 0.2) is 0 Å². The van der Waals surface area contributed by atoms with Crippen LogP contribution < -0.4 is 9.47 Å². The lowest BCUT2D eigenvalue weighted by molar-refractivity contribution is 0.245. The fraction of sp³-hybridized carbons (Fsp3) is 0.438. The third-order valence-corrected chi connectivity index (χ3v) is 4.27. The van der Waals surface area contributed by atoms with Gasteiger partial charge < -0.3 is 9.47 Å². The zero-order valence-electron chi connectivity index (χ0n) is 12.6. The maximum absolute atomic E-state index is 5.98. The van der Waals surface area contributed by atoms with Crippen LogP contribution in [-0.2, 0) is 19.5 Å². The zero-order valence-corrected chi connectivity index (χ0v) is 13.4. The number of hydrogen-bond acceptors (Lipinski definition) is 5. The van der Waals surface area contributed by atoms with Crippen LogP contribution in [0, 0.1) is 0 Å². The summed E-state index contributed by atoms with van der Waals surface area (Å²) in [7, 11) is 3.81. The SMILES string of the molecule is COc1cc2c(c(CN(C)Cc3cscn3)c1)OC(C)C2. The molecule has 1 atom stereocenters. The van der Waals surface area contributed by atoms with Gasteiger partial charge in [-0.3, -0.25) is 4.90 Å². The van der Waals surface area contributed by atoms with Crippen LogP contribution in [0.5, 0.6) is 11.5 Å². The van der Waals surface area contributed by atoms with E-state index in [1.54, 1.807) is 18.4 Å². The van der Waals surface area contributed by atoms with Crippen LogP contribution in [0.15, 0.2) is 23.0 Å². The number of rotatable bonds is 5. The smallest absolute Gasteiger partial charge is 0.127 e. The molecule has 1 aromatic carbocycles. The van der Waals surface area contributed by atoms with E-state index >= 15 is 0 Å². The highest BCUT2D eigenvalue weighted by Crippen LogP contribution is 2.36. The first-order valence-corrected chi connectivity index (χ1v) is 8.02. The molecule has 4 nitrogen and oxygen atoms in total. The molecule has 1 unspecified atom stereocenters. The number of aromatic nitrogens is 1. The molecule has 2 aromatic rings. The molecule has 0 aliphatic carbocycles. The highest BCUT2D eigenvalue weighted by Gasteiger charge is 2.24. The Kier molecular flexibility index (Phi) is 4.12. The third-order valence-electron chi connectivity index (χ3n) is 3.63. The van der Waals surface area contributed by atoms with E-state index in [-0.39, 0.29) is 6.10 Å². The number of hydrogen-bond donors (Lipinski definition) is 0. The molecule has 5 heteroatoms. The van der Waals surface area contributed by atoms with Crippen molar-refractivity contribution < 1.29 is 9.47 Å². The molecule has 1 aliphatic rings. The van der Waals surface area contributed by atoms with Crippen LogP contribution in [0.25, 0.3) is 0 Å². The number of ether oxygens (including phenoxy) is 2. The first kappa shape index (κ1) is 14.4. The Morgan fingerprint density at radius 1 is 1.43 bits per heavy atom. The fourth-order valence-corrected chi connectivity index (χ4v) is 3.30. The summed E-state index contributed by atoms with van der Waals surface area (Å²) in [6, 6.07) is 4.16. The van der Waals surface area contributed by atoms with E-state index in [9.17, 15) is 0 Å². The van der Waals surface area contributed by atoms with Gasteiger partial charge in [0.1, 0.15) is 17.6 Å². The second kappa shape index (κ2) is 6.03. The van der Waals surface area contributed by atoms with Gasteiger partial charge in [-0.05, 0) is 26.1 Å². The summed E-state index contributed by atoms with van der Waals surface area (Å²) in [5.41, 5.74) is 5.42. The number of thiazole rings is 1. The molecule has 0 radical (unpaired) electrons. The van der Waals surface area contributed by atoms with Gasteiger partial charge in [0.2, 0.25) is 0 Å². The molecule has 3 rings (SSSR count). The van der Waals surface area contributed by atoms with Crippen LogP contribution in [0.3, 0.4) is 0 Å². The van der Waals surface area contributed by atoms with E-state index in [4.69, 9.17) is 9.47 Å². The van der Waals surface area contributed by atoms with Gasteiger partial charge in [-0.25, -0.2) is 4.98 Å². The van der Waals surface area contributed by atoms with Crippen LogP contribution >= 0.6 is 11.3 Å². The molecular formula is C16H20N2O2S. The Labute approximate surface area is 129 Å². The summed E-state index contributed by atoms with van der Waals surface area (Å²) in [4.78, 5) is 6.58. The largest absolute Gasteiger partial charge is 0.497 e. The predicted octanol–water partition coefficient (Wildman–Crippen LogP) is 3.11. The molecule has 21 heavy (non-hydrogen) atoms. The van der Waals surface area contributed by atoms with Crippen LogP contribution in [0.4, 0.5) is 0 Å². The van der Waals surface area contributed by atoms with Crippen molar-refractivity contribution in [3.05, 3.63) is 39.8 Å². The lowest BCUT2D eigenvalue weighted by Crippen LogP contribution is -2.18. The highest BCUT2D eigenvalue weighted by molar-refractivity contribution is 7.07. The number of methoxy groups -OCH3 is 1. The van der Waals surface area contributed by atoms with Gasteiger partial charge >= 0.3 is 0 Å². The topological polar surface area (TPSA) is 34.6 Å². The summed E-state index contributed by atoms with van der Waals surface area (Å²) < 4.78 is 11.4. The van der Waals surface area contributed by atoms with Gasteiger partial charge in [0.05, 0.1) is 18.3 Å². The van der Waals surface area contributed by atoms with Crippen LogP contribution in [0.2, 0.25) is 0 Å². The molecule has 0 amide bonds. The molecule has 1 aliphatic heterocycles.